The van der Waals surface area contributed by atoms with Crippen LogP contribution in [0.25, 0.3) is 0 Å². The lowest BCUT2D eigenvalue weighted by atomic mass is 10.3. The number of thioether (sulfide) groups is 1. The first-order chi connectivity index (χ1) is 4.57. The molecule has 0 aliphatic heterocycles. The predicted octanol–water partition coefficient (Wildman–Crippen LogP) is 2.25. The molecule has 0 aliphatic rings. The Labute approximate surface area is 68.8 Å². The van der Waals surface area contributed by atoms with Crippen molar-refractivity contribution in [1.29, 1.82) is 0 Å². The zero-order valence-corrected chi connectivity index (χ0v) is 8.24. The summed E-state index contributed by atoms with van der Waals surface area (Å²) in [6, 6.07) is 0.319. The van der Waals surface area contributed by atoms with Crippen molar-refractivity contribution in [2.24, 2.45) is 5.73 Å². The first-order valence-corrected chi connectivity index (χ1v) is 4.93. The first kappa shape index (κ1) is 10.3. The largest absolute Gasteiger partial charge is 0.327 e. The highest BCUT2D eigenvalue weighted by Gasteiger charge is 2.10. The predicted molar refractivity (Wildman–Crippen MR) is 50.5 cm³/mol. The maximum atomic E-state index is 5.72. The fourth-order valence-electron chi connectivity index (χ4n) is 0.587. The molecule has 0 bridgehead atoms. The maximum absolute atomic E-state index is 5.72. The van der Waals surface area contributed by atoms with E-state index >= 15 is 0 Å². The molecule has 0 saturated heterocycles. The Morgan fingerprint density at radius 3 is 2.10 bits per heavy atom. The Balaban J connectivity index is 3.46. The molecule has 0 fully saturated rings. The lowest BCUT2D eigenvalue weighted by Gasteiger charge is -2.18. The van der Waals surface area contributed by atoms with Gasteiger partial charge in [-0.2, -0.15) is 11.8 Å². The van der Waals surface area contributed by atoms with Crippen LogP contribution in [0.15, 0.2) is 0 Å². The van der Waals surface area contributed by atoms with E-state index in [1.54, 1.807) is 0 Å². The van der Waals surface area contributed by atoms with Gasteiger partial charge < -0.3 is 5.73 Å². The molecule has 3 atom stereocenters. The van der Waals surface area contributed by atoms with Gasteiger partial charge in [-0.3, -0.25) is 0 Å². The molecule has 0 rings (SSSR count). The molecule has 2 heteroatoms. The molecule has 3 unspecified atom stereocenters. The summed E-state index contributed by atoms with van der Waals surface area (Å²) in [6.45, 7) is 8.73. The van der Waals surface area contributed by atoms with E-state index in [2.05, 4.69) is 27.7 Å². The lowest BCUT2D eigenvalue weighted by Crippen LogP contribution is -2.27. The van der Waals surface area contributed by atoms with Crippen molar-refractivity contribution in [3.63, 3.8) is 0 Å². The van der Waals surface area contributed by atoms with Crippen LogP contribution in [-0.4, -0.2) is 16.5 Å². The SMILES string of the molecule is CCC(C)SC(C)C(C)N. The van der Waals surface area contributed by atoms with Crippen LogP contribution in [0.3, 0.4) is 0 Å². The Morgan fingerprint density at radius 2 is 1.80 bits per heavy atom. The van der Waals surface area contributed by atoms with Crippen molar-refractivity contribution in [1.82, 2.24) is 0 Å². The van der Waals surface area contributed by atoms with E-state index in [0.717, 1.165) is 5.25 Å². The van der Waals surface area contributed by atoms with E-state index in [4.69, 9.17) is 5.73 Å². The van der Waals surface area contributed by atoms with Gasteiger partial charge in [0.25, 0.3) is 0 Å². The van der Waals surface area contributed by atoms with E-state index in [0.29, 0.717) is 11.3 Å². The van der Waals surface area contributed by atoms with Gasteiger partial charge in [-0.1, -0.05) is 20.8 Å². The average Bonchev–Trinajstić information content (AvgIpc) is 1.87. The van der Waals surface area contributed by atoms with Gasteiger partial charge in [-0.05, 0) is 13.3 Å². The molecule has 0 spiro atoms. The summed E-state index contributed by atoms with van der Waals surface area (Å²) in [5.41, 5.74) is 5.72. The third-order valence-electron chi connectivity index (χ3n) is 1.76. The standard InChI is InChI=1S/C8H19NS/c1-5-6(2)10-8(4)7(3)9/h6-8H,5,9H2,1-4H3. The van der Waals surface area contributed by atoms with Gasteiger partial charge in [0.15, 0.2) is 0 Å². The van der Waals surface area contributed by atoms with Crippen LogP contribution >= 0.6 is 11.8 Å². The quantitative estimate of drug-likeness (QED) is 0.684. The lowest BCUT2D eigenvalue weighted by molar-refractivity contribution is 0.724. The van der Waals surface area contributed by atoms with Crippen molar-refractivity contribution < 1.29 is 0 Å². The van der Waals surface area contributed by atoms with Gasteiger partial charge in [0, 0.05) is 16.5 Å². The topological polar surface area (TPSA) is 26.0 Å². The van der Waals surface area contributed by atoms with Crippen molar-refractivity contribution in [3.05, 3.63) is 0 Å². The Bertz CT molecular complexity index is 83.3. The minimum Gasteiger partial charge on any atom is -0.327 e. The van der Waals surface area contributed by atoms with Crippen LogP contribution < -0.4 is 5.73 Å². The van der Waals surface area contributed by atoms with E-state index in [9.17, 15) is 0 Å². The molecule has 0 amide bonds. The van der Waals surface area contributed by atoms with E-state index in [-0.39, 0.29) is 0 Å². The van der Waals surface area contributed by atoms with Crippen molar-refractivity contribution in [2.75, 3.05) is 0 Å². The minimum atomic E-state index is 0.319. The second-order valence-corrected chi connectivity index (χ2v) is 4.74. The zero-order chi connectivity index (χ0) is 8.15. The smallest absolute Gasteiger partial charge is 0.0170 e. The number of hydrogen-bond donors (Lipinski definition) is 1. The van der Waals surface area contributed by atoms with Crippen LogP contribution in [0, 0.1) is 0 Å². The fourth-order valence-corrected chi connectivity index (χ4v) is 1.76. The van der Waals surface area contributed by atoms with Crippen molar-refractivity contribution >= 4 is 11.8 Å². The van der Waals surface area contributed by atoms with Gasteiger partial charge in [-0.25, -0.2) is 0 Å². The molecule has 2 N–H and O–H groups in total. The third kappa shape index (κ3) is 4.18. The Kier molecular flexibility index (Phi) is 5.18. The minimum absolute atomic E-state index is 0.319. The van der Waals surface area contributed by atoms with Gasteiger partial charge in [0.1, 0.15) is 0 Å². The number of nitrogens with two attached hydrogens (primary N) is 1. The number of rotatable bonds is 4. The molecule has 1 nitrogen and oxygen atoms in total. The van der Waals surface area contributed by atoms with E-state index < -0.39 is 0 Å². The molecule has 0 aromatic carbocycles. The highest BCUT2D eigenvalue weighted by atomic mass is 32.2. The summed E-state index contributed by atoms with van der Waals surface area (Å²) in [4.78, 5) is 0. The second-order valence-electron chi connectivity index (χ2n) is 2.92. The molecule has 0 aromatic heterocycles. The molecule has 0 saturated carbocycles. The summed E-state index contributed by atoms with van der Waals surface area (Å²) < 4.78 is 0. The van der Waals surface area contributed by atoms with Gasteiger partial charge in [0.05, 0.1) is 0 Å². The maximum Gasteiger partial charge on any atom is 0.0170 e. The van der Waals surface area contributed by atoms with E-state index in [1.807, 2.05) is 11.8 Å². The van der Waals surface area contributed by atoms with Gasteiger partial charge in [0.2, 0.25) is 0 Å². The summed E-state index contributed by atoms with van der Waals surface area (Å²) in [5, 5.41) is 1.34. The number of hydrogen-bond acceptors (Lipinski definition) is 2. The molecule has 10 heavy (non-hydrogen) atoms. The van der Waals surface area contributed by atoms with Crippen molar-refractivity contribution in [3.8, 4) is 0 Å². The molecular formula is C8H19NS. The summed E-state index contributed by atoms with van der Waals surface area (Å²) in [6.07, 6.45) is 1.24. The fraction of sp³-hybridized carbons (Fsp3) is 1.00. The monoisotopic (exact) mass is 161 g/mol. The normalized spacial score (nSPS) is 20.1. The van der Waals surface area contributed by atoms with E-state index in [1.165, 1.54) is 6.42 Å². The Morgan fingerprint density at radius 1 is 1.30 bits per heavy atom. The van der Waals surface area contributed by atoms with Crippen LogP contribution in [0.1, 0.15) is 34.1 Å². The zero-order valence-electron chi connectivity index (χ0n) is 7.42. The molecule has 0 aliphatic carbocycles. The van der Waals surface area contributed by atoms with Gasteiger partial charge >= 0.3 is 0 Å². The van der Waals surface area contributed by atoms with Crippen molar-refractivity contribution in [2.45, 2.75) is 50.7 Å². The van der Waals surface area contributed by atoms with Crippen LogP contribution in [-0.2, 0) is 0 Å². The molecule has 62 valence electrons. The molecular weight excluding hydrogens is 142 g/mol. The first-order valence-electron chi connectivity index (χ1n) is 3.99. The Hall–Kier alpha value is 0.310. The highest BCUT2D eigenvalue weighted by molar-refractivity contribution is 8.00. The second kappa shape index (κ2) is 5.03. The van der Waals surface area contributed by atoms with Crippen LogP contribution in [0.4, 0.5) is 0 Å². The third-order valence-corrected chi connectivity index (χ3v) is 3.42. The van der Waals surface area contributed by atoms with Gasteiger partial charge in [-0.15, -0.1) is 0 Å². The average molecular weight is 161 g/mol. The van der Waals surface area contributed by atoms with Crippen LogP contribution in [0.5, 0.6) is 0 Å². The molecule has 0 radical (unpaired) electrons. The summed E-state index contributed by atoms with van der Waals surface area (Å²) in [5.74, 6) is 0. The summed E-state index contributed by atoms with van der Waals surface area (Å²) >= 11 is 1.98. The highest BCUT2D eigenvalue weighted by Crippen LogP contribution is 2.20. The molecule has 0 aromatic rings. The van der Waals surface area contributed by atoms with Crippen LogP contribution in [0.2, 0.25) is 0 Å². The summed E-state index contributed by atoms with van der Waals surface area (Å²) in [7, 11) is 0. The molecule has 0 heterocycles.